The molecule has 2 aliphatic carbocycles. The van der Waals surface area contributed by atoms with Crippen molar-refractivity contribution in [1.82, 2.24) is 19.0 Å². The fraction of sp³-hybridized carbons (Fsp3) is 0.429. The van der Waals surface area contributed by atoms with E-state index in [0.29, 0.717) is 29.2 Å². The number of imidazole rings is 1. The number of likely N-dealkylation sites (tertiary alicyclic amines) is 1. The second-order valence-corrected chi connectivity index (χ2v) is 12.9. The molecule has 1 saturated heterocycles. The molecule has 1 unspecified atom stereocenters. The van der Waals surface area contributed by atoms with Crippen LogP contribution in [0, 0.1) is 17.8 Å². The van der Waals surface area contributed by atoms with E-state index in [2.05, 4.69) is 73.0 Å². The number of fused-ring (bicyclic) bond motifs is 3. The van der Waals surface area contributed by atoms with Gasteiger partial charge < -0.3 is 18.8 Å². The lowest BCUT2D eigenvalue weighted by Crippen LogP contribution is -2.55. The van der Waals surface area contributed by atoms with Gasteiger partial charge >= 0.3 is 0 Å². The molecule has 1 amide bonds. The van der Waals surface area contributed by atoms with Gasteiger partial charge in [0, 0.05) is 48.6 Å². The Bertz CT molecular complexity index is 1720. The fourth-order valence-electron chi connectivity index (χ4n) is 6.88. The Morgan fingerprint density at radius 3 is 2.73 bits per heavy atom. The number of methoxy groups -OCH3 is 1. The van der Waals surface area contributed by atoms with Crippen LogP contribution in [-0.2, 0) is 13.6 Å². The van der Waals surface area contributed by atoms with Gasteiger partial charge in [-0.1, -0.05) is 44.2 Å². The summed E-state index contributed by atoms with van der Waals surface area (Å²) in [6.07, 6.45) is 10.1. The van der Waals surface area contributed by atoms with Crippen LogP contribution in [-0.4, -0.2) is 44.6 Å². The number of benzene rings is 2. The van der Waals surface area contributed by atoms with Gasteiger partial charge in [-0.05, 0) is 79.8 Å². The topological polar surface area (TPSA) is 52.3 Å². The number of rotatable bonds is 8. The molecule has 0 N–H and O–H groups in total. The van der Waals surface area contributed by atoms with Crippen molar-refractivity contribution in [3.63, 3.8) is 0 Å². The number of aryl methyl sites for hydroxylation is 1. The molecule has 4 aromatic rings. The van der Waals surface area contributed by atoms with Crippen molar-refractivity contribution in [2.75, 3.05) is 13.7 Å². The highest BCUT2D eigenvalue weighted by Crippen LogP contribution is 2.43. The minimum Gasteiger partial charge on any atom is -0.494 e. The maximum atomic E-state index is 13.6. The number of carbonyl (C=O) groups is 1. The SMILES string of the molecule is C=C1CC2[C@H](C1)CN2C(=O)c1cc(OC)c2c(c1)nc(-c1cc3cc(/C=C/CC(C)C)ccc3n1CC1CC1)n2C. The van der Waals surface area contributed by atoms with Gasteiger partial charge in [0.05, 0.1) is 18.3 Å². The molecule has 2 atom stereocenters. The number of allylic oxidation sites excluding steroid dienone is 1. The smallest absolute Gasteiger partial charge is 0.254 e. The first-order chi connectivity index (χ1) is 19.8. The van der Waals surface area contributed by atoms with Crippen LogP contribution < -0.4 is 4.74 Å². The van der Waals surface area contributed by atoms with Crippen molar-refractivity contribution >= 4 is 33.9 Å². The predicted octanol–water partition coefficient (Wildman–Crippen LogP) is 7.46. The van der Waals surface area contributed by atoms with E-state index in [1.165, 1.54) is 34.9 Å². The molecule has 6 nitrogen and oxygen atoms in total. The van der Waals surface area contributed by atoms with Gasteiger partial charge in [-0.15, -0.1) is 0 Å². The number of carbonyl (C=O) groups excluding carboxylic acids is 1. The summed E-state index contributed by atoms with van der Waals surface area (Å²) in [4.78, 5) is 20.8. The third-order valence-electron chi connectivity index (χ3n) is 9.30. The largest absolute Gasteiger partial charge is 0.494 e. The summed E-state index contributed by atoms with van der Waals surface area (Å²) in [5, 5.41) is 1.23. The van der Waals surface area contributed by atoms with Gasteiger partial charge in [0.15, 0.2) is 5.82 Å². The van der Waals surface area contributed by atoms with Crippen molar-refractivity contribution in [2.45, 2.75) is 58.5 Å². The molecule has 3 aliphatic rings. The summed E-state index contributed by atoms with van der Waals surface area (Å²) in [7, 11) is 3.73. The van der Waals surface area contributed by atoms with E-state index in [-0.39, 0.29) is 5.91 Å². The van der Waals surface area contributed by atoms with E-state index in [1.54, 1.807) is 7.11 Å². The lowest BCUT2D eigenvalue weighted by molar-refractivity contribution is 0.0269. The van der Waals surface area contributed by atoms with Crippen LogP contribution in [0.15, 0.2) is 54.6 Å². The first kappa shape index (κ1) is 26.1. The van der Waals surface area contributed by atoms with Crippen LogP contribution in [0.2, 0.25) is 0 Å². The second kappa shape index (κ2) is 9.93. The van der Waals surface area contributed by atoms with Crippen molar-refractivity contribution < 1.29 is 9.53 Å². The molecule has 1 aliphatic heterocycles. The number of hydrogen-bond donors (Lipinski definition) is 0. The summed E-state index contributed by atoms with van der Waals surface area (Å²) in [6.45, 7) is 10.5. The highest BCUT2D eigenvalue weighted by atomic mass is 16.5. The minimum absolute atomic E-state index is 0.0641. The molecule has 2 saturated carbocycles. The van der Waals surface area contributed by atoms with Crippen molar-refractivity contribution in [2.24, 2.45) is 24.8 Å². The zero-order chi connectivity index (χ0) is 28.4. The van der Waals surface area contributed by atoms with E-state index in [1.807, 2.05) is 17.0 Å². The molecule has 6 heteroatoms. The monoisotopic (exact) mass is 548 g/mol. The molecule has 7 rings (SSSR count). The summed E-state index contributed by atoms with van der Waals surface area (Å²) in [6, 6.07) is 13.2. The van der Waals surface area contributed by atoms with Crippen LogP contribution in [0.3, 0.4) is 0 Å². The number of hydrogen-bond acceptors (Lipinski definition) is 3. The fourth-order valence-corrected chi connectivity index (χ4v) is 6.88. The Kier molecular flexibility index (Phi) is 6.33. The predicted molar refractivity (Wildman–Crippen MR) is 166 cm³/mol. The van der Waals surface area contributed by atoms with Crippen LogP contribution in [0.4, 0.5) is 0 Å². The van der Waals surface area contributed by atoms with Gasteiger partial charge in [-0.3, -0.25) is 4.79 Å². The van der Waals surface area contributed by atoms with Crippen LogP contribution >= 0.6 is 0 Å². The Hall–Kier alpha value is -3.80. The first-order valence-electron chi connectivity index (χ1n) is 15.1. The molecular weight excluding hydrogens is 508 g/mol. The van der Waals surface area contributed by atoms with Gasteiger partial charge in [0.2, 0.25) is 0 Å². The van der Waals surface area contributed by atoms with E-state index < -0.39 is 0 Å². The normalized spacial score (nSPS) is 20.5. The van der Waals surface area contributed by atoms with E-state index >= 15 is 0 Å². The third-order valence-corrected chi connectivity index (χ3v) is 9.30. The summed E-state index contributed by atoms with van der Waals surface area (Å²) < 4.78 is 10.4. The van der Waals surface area contributed by atoms with Crippen LogP contribution in [0.5, 0.6) is 5.75 Å². The molecular formula is C35H40N4O2. The standard InChI is InChI=1S/C35H40N4O2/c1-21(2)7-6-8-23-11-12-29-25(15-23)17-31(38(29)19-24-9-10-24)34-36-28-16-26(18-32(41-5)33(28)37(34)4)35(40)39-20-27-13-22(3)14-30(27)39/h6,8,11-12,15-18,21,24,27,30H,3,7,9-10,13-14,19-20H2,1-2,4-5H3/b8-6+/t27-,30?/m1/s1. The number of amides is 1. The lowest BCUT2D eigenvalue weighted by atomic mass is 9.91. The third kappa shape index (κ3) is 4.58. The molecule has 2 aromatic heterocycles. The summed E-state index contributed by atoms with van der Waals surface area (Å²) in [5.41, 5.74) is 7.19. The van der Waals surface area contributed by atoms with Crippen molar-refractivity contribution in [1.29, 1.82) is 0 Å². The Morgan fingerprint density at radius 1 is 1.17 bits per heavy atom. The molecule has 3 fully saturated rings. The zero-order valence-electron chi connectivity index (χ0n) is 24.7. The van der Waals surface area contributed by atoms with Gasteiger partial charge in [-0.2, -0.15) is 0 Å². The molecule has 0 spiro atoms. The maximum absolute atomic E-state index is 13.6. The quantitative estimate of drug-likeness (QED) is 0.215. The van der Waals surface area contributed by atoms with E-state index in [9.17, 15) is 4.79 Å². The Balaban J connectivity index is 1.29. The first-order valence-corrected chi connectivity index (χ1v) is 15.1. The highest BCUT2D eigenvalue weighted by Gasteiger charge is 2.46. The summed E-state index contributed by atoms with van der Waals surface area (Å²) in [5.74, 6) is 3.58. The number of ether oxygens (including phenoxy) is 1. The van der Waals surface area contributed by atoms with Crippen molar-refractivity contribution in [3.05, 3.63) is 65.8 Å². The van der Waals surface area contributed by atoms with E-state index in [0.717, 1.165) is 60.8 Å². The average Bonchev–Trinajstić information content (AvgIpc) is 3.52. The second-order valence-electron chi connectivity index (χ2n) is 12.9. The van der Waals surface area contributed by atoms with E-state index in [4.69, 9.17) is 9.72 Å². The minimum atomic E-state index is 0.0641. The average molecular weight is 549 g/mol. The molecule has 41 heavy (non-hydrogen) atoms. The zero-order valence-corrected chi connectivity index (χ0v) is 24.7. The summed E-state index contributed by atoms with van der Waals surface area (Å²) >= 11 is 0. The van der Waals surface area contributed by atoms with Crippen LogP contribution in [0.25, 0.3) is 39.5 Å². The molecule has 0 radical (unpaired) electrons. The van der Waals surface area contributed by atoms with Gasteiger partial charge in [0.25, 0.3) is 5.91 Å². The van der Waals surface area contributed by atoms with Crippen molar-refractivity contribution in [3.8, 4) is 17.3 Å². The van der Waals surface area contributed by atoms with Gasteiger partial charge in [-0.25, -0.2) is 4.98 Å². The molecule has 2 aromatic carbocycles. The highest BCUT2D eigenvalue weighted by molar-refractivity contribution is 6.01. The molecule has 3 heterocycles. The molecule has 212 valence electrons. The van der Waals surface area contributed by atoms with Gasteiger partial charge in [0.1, 0.15) is 11.3 Å². The Morgan fingerprint density at radius 2 is 2.00 bits per heavy atom. The Labute approximate surface area is 242 Å². The lowest BCUT2D eigenvalue weighted by Gasteiger charge is -2.44. The number of nitrogens with zero attached hydrogens (tertiary/aromatic N) is 4. The van der Waals surface area contributed by atoms with Crippen LogP contribution in [0.1, 0.15) is 61.9 Å². The maximum Gasteiger partial charge on any atom is 0.254 e. The molecule has 0 bridgehead atoms. The number of aromatic nitrogens is 3.